The minimum absolute atomic E-state index is 0. The van der Waals surface area contributed by atoms with Crippen molar-refractivity contribution in [3.8, 4) is 39.4 Å². The number of hydrogen-bond acceptors (Lipinski definition) is 5. The summed E-state index contributed by atoms with van der Waals surface area (Å²) in [6.07, 6.45) is -14.5. The minimum atomic E-state index is -4.88. The van der Waals surface area contributed by atoms with Crippen LogP contribution in [-0.2, 0) is 59.0 Å². The molecule has 0 amide bonds. The number of imidazole rings is 1. The molecule has 8 nitrogen and oxygen atoms in total. The summed E-state index contributed by atoms with van der Waals surface area (Å²) in [4.78, 5) is 21.9. The van der Waals surface area contributed by atoms with Crippen LogP contribution < -0.4 is 9.47 Å². The van der Waals surface area contributed by atoms with E-state index >= 15 is 0 Å². The molecule has 0 saturated carbocycles. The van der Waals surface area contributed by atoms with E-state index in [-0.39, 0.29) is 60.5 Å². The predicted octanol–water partition coefficient (Wildman–Crippen LogP) is 19.4. The third-order valence-electron chi connectivity index (χ3n) is 15.4. The van der Waals surface area contributed by atoms with Crippen LogP contribution in [0.25, 0.3) is 72.3 Å². The molecule has 0 spiro atoms. The standard InChI is InChI=1S/C79H84N8.Pt/c1-73(2,3)52-38-43-80-68(46-52)87-64-29-19-18-26-58(64)59-35-34-55(48-67(59)87)86(72-82-70(74(4,5)6)81-71(83-72)75(7,8)9)54-25-22-24-53(47-54)84-49-85(66-31-21-20-30-65(66)84)69-56(50-32-36-60-62(44-50)78(14,15)41-39-76(60,10)11)27-23-28-57(69)51-33-37-61-63(45-51)79(16,17)42-40-77(61,12)13;/h18-38,43-46H,39-42H2,1-17H3;/q-2;/i10D3,11D3,12D3,13D3,14D3,15D3,16D3,17D3,32D,33D,36D,37D,39D2,40D2,41D2,42D2,44D,45D;. The second-order valence-corrected chi connectivity index (χ2v) is 25.1. The van der Waals surface area contributed by atoms with E-state index in [2.05, 4.69) is 39.2 Å². The summed E-state index contributed by atoms with van der Waals surface area (Å²) < 4.78 is 361. The van der Waals surface area contributed by atoms with E-state index in [9.17, 15) is 35.6 Å². The maximum atomic E-state index is 10.5. The molecule has 4 aromatic heterocycles. The summed E-state index contributed by atoms with van der Waals surface area (Å²) in [5.74, 6) is 1.24. The van der Waals surface area contributed by atoms with Crippen LogP contribution in [0.4, 0.5) is 17.3 Å². The Morgan fingerprint density at radius 1 is 0.557 bits per heavy atom. The number of hydrogen-bond donors (Lipinski definition) is 0. The molecule has 0 bridgehead atoms. The van der Waals surface area contributed by atoms with Crippen LogP contribution in [0.15, 0.2) is 152 Å². The third-order valence-corrected chi connectivity index (χ3v) is 15.4. The molecule has 0 N–H and O–H groups in total. The van der Waals surface area contributed by atoms with Gasteiger partial charge in [0, 0.05) is 87.5 Å². The van der Waals surface area contributed by atoms with Gasteiger partial charge >= 0.3 is 0 Å². The van der Waals surface area contributed by atoms with Gasteiger partial charge in [0.05, 0.1) is 24.9 Å². The number of nitrogens with zero attached hydrogens (tertiary/aromatic N) is 8. The van der Waals surface area contributed by atoms with E-state index in [0.29, 0.717) is 23.0 Å². The van der Waals surface area contributed by atoms with Crippen LogP contribution in [0.1, 0.15) is 234 Å². The van der Waals surface area contributed by atoms with Crippen molar-refractivity contribution in [2.45, 2.75) is 181 Å². The number of para-hydroxylation sites is 4. The average molecular weight is 1380 g/mol. The van der Waals surface area contributed by atoms with Crippen LogP contribution in [0, 0.1) is 18.5 Å². The van der Waals surface area contributed by atoms with Crippen molar-refractivity contribution in [2.75, 3.05) is 4.90 Å². The molecule has 7 aromatic carbocycles. The average Bonchev–Trinajstić information content (AvgIpc) is 0.692. The maximum absolute atomic E-state index is 10.5. The van der Waals surface area contributed by atoms with Crippen molar-refractivity contribution in [2.24, 2.45) is 0 Å². The number of benzene rings is 7. The van der Waals surface area contributed by atoms with Crippen molar-refractivity contribution in [1.29, 1.82) is 0 Å². The van der Waals surface area contributed by atoms with E-state index in [1.165, 1.54) is 34.9 Å². The third kappa shape index (κ3) is 10.5. The zero-order valence-corrected chi connectivity index (χ0v) is 51.6. The van der Waals surface area contributed by atoms with Crippen LogP contribution in [0.2, 0.25) is 0 Å². The first-order valence-electron chi connectivity index (χ1n) is 47.0. The van der Waals surface area contributed by atoms with E-state index in [0.717, 1.165) is 44.6 Å². The van der Waals surface area contributed by atoms with Crippen molar-refractivity contribution in [3.63, 3.8) is 0 Å². The molecular weight excluding hydrogens is 1260 g/mol. The van der Waals surface area contributed by atoms with Gasteiger partial charge in [-0.3, -0.25) is 4.57 Å². The Morgan fingerprint density at radius 2 is 1.10 bits per heavy atom. The van der Waals surface area contributed by atoms with E-state index in [4.69, 9.17) is 36.4 Å². The van der Waals surface area contributed by atoms with Gasteiger partial charge in [0.2, 0.25) is 5.95 Å². The summed E-state index contributed by atoms with van der Waals surface area (Å²) in [6, 6.07) is 24.9. The summed E-state index contributed by atoms with van der Waals surface area (Å²) in [6.45, 7) is -19.0. The Hall–Kier alpha value is -7.54. The van der Waals surface area contributed by atoms with Gasteiger partial charge in [-0.15, -0.1) is 23.6 Å². The SMILES string of the molecule is [2H]c1c([2H])c2c(c([2H])c1-c1cccc(-c3c([2H])c([2H])c4c(c3[2H])C(C([2H])([2H])[2H])(C([2H])([2H])[2H])C([2H])([2H])C([2H])([2H])C4(C([2H])([2H])[2H])C([2H])([2H])[2H])c1-[n+]1[c-]n(-c3[c-]c(N(c4[c-]c5c(cc4)c4ccccc4n5-c4cc(C(C)(C)C)ccn4)c4nc(C(C)(C)C)nc(C(C)(C)C)n4)ccc3)c3ccccc31)C(C([2H])([2H])[2H])(C([2H])([2H])[2H])C([2H])([2H])C([2H])([2H])C2(C([2H])([2H])[2H])C([2H])([2H])[2H].[Pt]. The Bertz CT molecular complexity index is 5980. The summed E-state index contributed by atoms with van der Waals surface area (Å²) in [5.41, 5.74) is -31.4. The Kier molecular flexibility index (Phi) is 7.34. The quantitative estimate of drug-likeness (QED) is 0.112. The number of anilines is 3. The molecule has 4 heterocycles. The van der Waals surface area contributed by atoms with Gasteiger partial charge in [-0.2, -0.15) is 34.2 Å². The number of rotatable bonds is 8. The molecular formula is C79H84N8Pt-2. The zero-order valence-electron chi connectivity index (χ0n) is 87.4. The van der Waals surface area contributed by atoms with E-state index < -0.39 is 199 Å². The fourth-order valence-corrected chi connectivity index (χ4v) is 10.9. The molecule has 0 aliphatic heterocycles. The molecule has 11 aromatic rings. The van der Waals surface area contributed by atoms with Crippen molar-refractivity contribution in [1.82, 2.24) is 29.1 Å². The minimum Gasteiger partial charge on any atom is -0.328 e. The topological polar surface area (TPSA) is 68.5 Å². The fraction of sp³-hybridized carbons (Fsp3) is 0.354. The molecule has 452 valence electrons. The van der Waals surface area contributed by atoms with Crippen molar-refractivity contribution >= 4 is 50.2 Å². The molecule has 0 radical (unpaired) electrons. The maximum Gasteiger partial charge on any atom is 0.268 e. The van der Waals surface area contributed by atoms with Crippen LogP contribution in [-0.4, -0.2) is 29.1 Å². The summed E-state index contributed by atoms with van der Waals surface area (Å²) in [5, 5.41) is 1.57. The molecule has 2 aliphatic rings. The summed E-state index contributed by atoms with van der Waals surface area (Å²) >= 11 is 0. The van der Waals surface area contributed by atoms with Gasteiger partial charge in [0.1, 0.15) is 17.5 Å². The Morgan fingerprint density at radius 3 is 1.68 bits per heavy atom. The second kappa shape index (κ2) is 21.3. The molecule has 88 heavy (non-hydrogen) atoms. The van der Waals surface area contributed by atoms with Crippen LogP contribution in [0.3, 0.4) is 0 Å². The number of fused-ring (bicyclic) bond motifs is 6. The molecule has 9 heteroatoms. The zero-order chi connectivity index (χ0) is 93.9. The number of pyridine rings is 1. The monoisotopic (exact) mass is 1380 g/mol. The summed E-state index contributed by atoms with van der Waals surface area (Å²) in [7, 11) is 0. The first kappa shape index (κ1) is 30.3. The van der Waals surface area contributed by atoms with Crippen molar-refractivity contribution in [3.05, 3.63) is 210 Å². The molecule has 2 aliphatic carbocycles. The molecule has 0 fully saturated rings. The van der Waals surface area contributed by atoms with Gasteiger partial charge in [0.15, 0.2) is 0 Å². The van der Waals surface area contributed by atoms with Gasteiger partial charge in [-0.25, -0.2) is 9.97 Å². The van der Waals surface area contributed by atoms with E-state index in [1.54, 1.807) is 29.3 Å². The normalized spacial score (nSPS) is 25.9. The van der Waals surface area contributed by atoms with Gasteiger partial charge in [-0.05, 0) is 132 Å². The molecule has 0 unspecified atom stereocenters. The second-order valence-electron chi connectivity index (χ2n) is 25.1. The predicted molar refractivity (Wildman–Crippen MR) is 359 cm³/mol. The van der Waals surface area contributed by atoms with Crippen molar-refractivity contribution < 1.29 is 77.7 Å². The van der Waals surface area contributed by atoms with Crippen LogP contribution >= 0.6 is 0 Å². The Labute approximate surface area is 590 Å². The smallest absolute Gasteiger partial charge is 0.268 e. The molecule has 13 rings (SSSR count). The van der Waals surface area contributed by atoms with E-state index in [1.807, 2.05) is 88.6 Å². The van der Waals surface area contributed by atoms with Gasteiger partial charge in [-0.1, -0.05) is 231 Å². The van der Waals surface area contributed by atoms with Gasteiger partial charge < -0.3 is 14.0 Å². The largest absolute Gasteiger partial charge is 0.328 e. The first-order chi connectivity index (χ1) is 56.6. The molecule has 0 atom stereocenters. The van der Waals surface area contributed by atoms with Gasteiger partial charge in [0.25, 0.3) is 6.33 Å². The number of aromatic nitrogens is 7. The van der Waals surface area contributed by atoms with Crippen LogP contribution in [0.5, 0.6) is 0 Å². The Balaban J connectivity index is 0.0000144. The molecule has 0 saturated heterocycles. The fourth-order valence-electron chi connectivity index (χ4n) is 10.9. The first-order valence-corrected chi connectivity index (χ1v) is 28.0.